The SMILES string of the molecule is COCCCCC#C/C(=C\C#CCSc1ccccc1)C1OCc2ccccc21. The lowest BCUT2D eigenvalue weighted by atomic mass is 9.99. The first kappa shape index (κ1) is 21.3. The summed E-state index contributed by atoms with van der Waals surface area (Å²) in [6, 6.07) is 18.7. The lowest BCUT2D eigenvalue weighted by Gasteiger charge is -2.10. The predicted octanol–water partition coefficient (Wildman–Crippen LogP) is 5.80. The Hall–Kier alpha value is -2.43. The van der Waals surface area contributed by atoms with Crippen LogP contribution < -0.4 is 0 Å². The van der Waals surface area contributed by atoms with Gasteiger partial charge < -0.3 is 9.47 Å². The van der Waals surface area contributed by atoms with Crippen molar-refractivity contribution in [2.45, 2.75) is 36.9 Å². The molecule has 0 N–H and O–H groups in total. The Kier molecular flexibility index (Phi) is 8.95. The van der Waals surface area contributed by atoms with Gasteiger partial charge in [0.2, 0.25) is 0 Å². The minimum absolute atomic E-state index is 0.117. The molecule has 0 amide bonds. The summed E-state index contributed by atoms with van der Waals surface area (Å²) in [6.45, 7) is 1.42. The number of hydrogen-bond acceptors (Lipinski definition) is 3. The Morgan fingerprint density at radius 3 is 2.79 bits per heavy atom. The molecule has 29 heavy (non-hydrogen) atoms. The Labute approximate surface area is 178 Å². The van der Waals surface area contributed by atoms with Crippen molar-refractivity contribution in [2.75, 3.05) is 19.5 Å². The molecule has 0 spiro atoms. The molecule has 1 aliphatic rings. The van der Waals surface area contributed by atoms with Gasteiger partial charge >= 0.3 is 0 Å². The van der Waals surface area contributed by atoms with Crippen molar-refractivity contribution < 1.29 is 9.47 Å². The second kappa shape index (κ2) is 12.2. The van der Waals surface area contributed by atoms with Crippen LogP contribution in [-0.4, -0.2) is 19.5 Å². The van der Waals surface area contributed by atoms with E-state index in [0.29, 0.717) is 6.61 Å². The summed E-state index contributed by atoms with van der Waals surface area (Å²) in [5.41, 5.74) is 3.38. The zero-order chi connectivity index (χ0) is 20.2. The van der Waals surface area contributed by atoms with E-state index in [1.807, 2.05) is 24.3 Å². The van der Waals surface area contributed by atoms with Crippen molar-refractivity contribution in [1.29, 1.82) is 0 Å². The first-order chi connectivity index (χ1) is 14.4. The summed E-state index contributed by atoms with van der Waals surface area (Å²) in [6.07, 6.45) is 4.74. The van der Waals surface area contributed by atoms with Crippen LogP contribution in [-0.2, 0) is 16.1 Å². The predicted molar refractivity (Wildman–Crippen MR) is 121 cm³/mol. The van der Waals surface area contributed by atoms with E-state index in [1.54, 1.807) is 18.9 Å². The summed E-state index contributed by atoms with van der Waals surface area (Å²) >= 11 is 1.74. The second-order valence-electron chi connectivity index (χ2n) is 6.66. The summed E-state index contributed by atoms with van der Waals surface area (Å²) in [7, 11) is 1.73. The molecule has 2 nitrogen and oxygen atoms in total. The first-order valence-corrected chi connectivity index (χ1v) is 10.9. The number of ether oxygens (including phenoxy) is 2. The molecule has 0 saturated carbocycles. The Morgan fingerprint density at radius 2 is 1.93 bits per heavy atom. The van der Waals surface area contributed by atoms with Crippen LogP contribution in [0.3, 0.4) is 0 Å². The minimum Gasteiger partial charge on any atom is -0.385 e. The fourth-order valence-electron chi connectivity index (χ4n) is 3.05. The molecule has 1 heterocycles. The zero-order valence-corrected chi connectivity index (χ0v) is 17.6. The van der Waals surface area contributed by atoms with Crippen LogP contribution in [0.15, 0.2) is 71.1 Å². The molecule has 2 aromatic carbocycles. The van der Waals surface area contributed by atoms with Gasteiger partial charge in [-0.25, -0.2) is 0 Å². The number of allylic oxidation sites excluding steroid dienone is 1. The fourth-order valence-corrected chi connectivity index (χ4v) is 3.72. The van der Waals surface area contributed by atoms with E-state index < -0.39 is 0 Å². The second-order valence-corrected chi connectivity index (χ2v) is 7.71. The van der Waals surface area contributed by atoms with Crippen LogP contribution >= 0.6 is 11.8 Å². The van der Waals surface area contributed by atoms with Gasteiger partial charge in [-0.1, -0.05) is 66.1 Å². The van der Waals surface area contributed by atoms with Gasteiger partial charge in [0.15, 0.2) is 0 Å². The fraction of sp³-hybridized carbons (Fsp3) is 0.308. The van der Waals surface area contributed by atoms with E-state index in [-0.39, 0.29) is 6.10 Å². The zero-order valence-electron chi connectivity index (χ0n) is 16.8. The van der Waals surface area contributed by atoms with Crippen LogP contribution in [0.4, 0.5) is 0 Å². The molecule has 2 aromatic rings. The van der Waals surface area contributed by atoms with Crippen molar-refractivity contribution in [1.82, 2.24) is 0 Å². The first-order valence-electron chi connectivity index (χ1n) is 9.92. The van der Waals surface area contributed by atoms with E-state index in [9.17, 15) is 0 Å². The van der Waals surface area contributed by atoms with Crippen molar-refractivity contribution in [3.63, 3.8) is 0 Å². The average molecular weight is 403 g/mol. The molecule has 1 unspecified atom stereocenters. The number of thioether (sulfide) groups is 1. The molecule has 0 aliphatic carbocycles. The van der Waals surface area contributed by atoms with Gasteiger partial charge in [-0.2, -0.15) is 0 Å². The van der Waals surface area contributed by atoms with Gasteiger partial charge in [-0.3, -0.25) is 0 Å². The maximum atomic E-state index is 6.04. The van der Waals surface area contributed by atoms with Gasteiger partial charge in [-0.05, 0) is 36.1 Å². The molecule has 3 rings (SSSR count). The van der Waals surface area contributed by atoms with Crippen LogP contribution in [0.1, 0.15) is 36.5 Å². The number of unbranched alkanes of at least 4 members (excludes halogenated alkanes) is 2. The van der Waals surface area contributed by atoms with E-state index in [2.05, 4.69) is 60.1 Å². The van der Waals surface area contributed by atoms with E-state index >= 15 is 0 Å². The molecule has 148 valence electrons. The van der Waals surface area contributed by atoms with Gasteiger partial charge in [-0.15, -0.1) is 11.8 Å². The Balaban J connectivity index is 1.67. The largest absolute Gasteiger partial charge is 0.385 e. The molecule has 0 saturated heterocycles. The van der Waals surface area contributed by atoms with Crippen molar-refractivity contribution in [3.05, 3.63) is 77.4 Å². The molecular formula is C26H26O2S. The summed E-state index contributed by atoms with van der Waals surface area (Å²) in [5, 5.41) is 0. The smallest absolute Gasteiger partial charge is 0.117 e. The Bertz CT molecular complexity index is 926. The maximum absolute atomic E-state index is 6.04. The van der Waals surface area contributed by atoms with Crippen LogP contribution in [0.2, 0.25) is 0 Å². The normalized spacial score (nSPS) is 15.1. The van der Waals surface area contributed by atoms with Crippen molar-refractivity contribution in [2.24, 2.45) is 0 Å². The summed E-state index contributed by atoms with van der Waals surface area (Å²) in [5.74, 6) is 13.8. The van der Waals surface area contributed by atoms with E-state index in [0.717, 1.165) is 37.2 Å². The Morgan fingerprint density at radius 1 is 1.10 bits per heavy atom. The molecule has 1 atom stereocenters. The molecule has 0 fully saturated rings. The highest BCUT2D eigenvalue weighted by molar-refractivity contribution is 7.99. The lowest BCUT2D eigenvalue weighted by Crippen LogP contribution is -1.99. The number of methoxy groups -OCH3 is 1. The highest BCUT2D eigenvalue weighted by Gasteiger charge is 2.25. The summed E-state index contributed by atoms with van der Waals surface area (Å²) < 4.78 is 11.1. The van der Waals surface area contributed by atoms with Crippen molar-refractivity contribution in [3.8, 4) is 23.7 Å². The van der Waals surface area contributed by atoms with Gasteiger partial charge in [0.1, 0.15) is 6.10 Å². The van der Waals surface area contributed by atoms with E-state index in [4.69, 9.17) is 9.47 Å². The number of fused-ring (bicyclic) bond motifs is 1. The molecule has 0 aromatic heterocycles. The monoisotopic (exact) mass is 402 g/mol. The maximum Gasteiger partial charge on any atom is 0.117 e. The van der Waals surface area contributed by atoms with Crippen LogP contribution in [0.25, 0.3) is 0 Å². The molecule has 3 heteroatoms. The number of rotatable bonds is 7. The standard InChI is InChI=1S/C26H26O2S/c1-27-19-11-3-2-5-13-22(26-25-18-9-8-15-23(25)21-28-26)14-10-12-20-29-24-16-6-4-7-17-24/h4,6-9,14-18,26H,2-3,11,19-21H2,1H3/b22-14+. The third kappa shape index (κ3) is 6.84. The average Bonchev–Trinajstić information content (AvgIpc) is 3.19. The topological polar surface area (TPSA) is 18.5 Å². The summed E-state index contributed by atoms with van der Waals surface area (Å²) in [4.78, 5) is 1.23. The molecule has 1 aliphatic heterocycles. The third-order valence-corrected chi connectivity index (χ3v) is 5.44. The van der Waals surface area contributed by atoms with Gasteiger partial charge in [0.05, 0.1) is 12.4 Å². The van der Waals surface area contributed by atoms with Gasteiger partial charge in [0.25, 0.3) is 0 Å². The van der Waals surface area contributed by atoms with E-state index in [1.165, 1.54) is 16.0 Å². The highest BCUT2D eigenvalue weighted by atomic mass is 32.2. The molecule has 0 bridgehead atoms. The number of hydrogen-bond donors (Lipinski definition) is 0. The van der Waals surface area contributed by atoms with Crippen LogP contribution in [0, 0.1) is 23.7 Å². The van der Waals surface area contributed by atoms with Crippen molar-refractivity contribution >= 4 is 11.8 Å². The lowest BCUT2D eigenvalue weighted by molar-refractivity contribution is 0.0942. The minimum atomic E-state index is -0.117. The quantitative estimate of drug-likeness (QED) is 0.331. The third-order valence-electron chi connectivity index (χ3n) is 4.54. The van der Waals surface area contributed by atoms with Gasteiger partial charge in [0, 0.05) is 36.7 Å². The molecular weight excluding hydrogens is 376 g/mol. The highest BCUT2D eigenvalue weighted by Crippen LogP contribution is 2.35. The number of benzene rings is 2. The van der Waals surface area contributed by atoms with Crippen LogP contribution in [0.5, 0.6) is 0 Å². The molecule has 0 radical (unpaired) electrons.